The van der Waals surface area contributed by atoms with Gasteiger partial charge in [0.05, 0.1) is 13.2 Å². The summed E-state index contributed by atoms with van der Waals surface area (Å²) in [6.07, 6.45) is 1.53. The average molecular weight is 364 g/mol. The van der Waals surface area contributed by atoms with Crippen molar-refractivity contribution in [3.63, 3.8) is 0 Å². The molecule has 1 atom stereocenters. The summed E-state index contributed by atoms with van der Waals surface area (Å²) in [7, 11) is 0. The van der Waals surface area contributed by atoms with Gasteiger partial charge in [0, 0.05) is 50.4 Å². The molecule has 26 heavy (non-hydrogen) atoms. The summed E-state index contributed by atoms with van der Waals surface area (Å²) >= 11 is 0. The van der Waals surface area contributed by atoms with Gasteiger partial charge in [-0.2, -0.15) is 0 Å². The molecule has 6 heteroatoms. The minimum absolute atomic E-state index is 0.0181. The Hall–Kier alpha value is -1.66. The maximum atomic E-state index is 12.3. The summed E-state index contributed by atoms with van der Waals surface area (Å²) in [6, 6.07) is 0. The van der Waals surface area contributed by atoms with Crippen LogP contribution in [-0.4, -0.2) is 74.1 Å². The van der Waals surface area contributed by atoms with Crippen molar-refractivity contribution < 1.29 is 19.1 Å². The topological polar surface area (TPSA) is 59.1 Å². The van der Waals surface area contributed by atoms with E-state index in [-0.39, 0.29) is 24.3 Å². The second-order valence-electron chi connectivity index (χ2n) is 7.13. The monoisotopic (exact) mass is 364 g/mol. The molecule has 1 aliphatic heterocycles. The molecular weight excluding hydrogens is 332 g/mol. The first-order valence-corrected chi connectivity index (χ1v) is 9.51. The van der Waals surface area contributed by atoms with Crippen molar-refractivity contribution >= 4 is 11.8 Å². The molecule has 0 radical (unpaired) electrons. The fraction of sp³-hybridized carbons (Fsp3) is 0.700. The summed E-state index contributed by atoms with van der Waals surface area (Å²) in [5.41, 5.74) is 3.22. The average Bonchev–Trinajstić information content (AvgIpc) is 2.61. The van der Waals surface area contributed by atoms with Gasteiger partial charge in [-0.1, -0.05) is 12.2 Å². The predicted octanol–water partition coefficient (Wildman–Crippen LogP) is 2.01. The highest BCUT2D eigenvalue weighted by molar-refractivity contribution is 5.96. The number of allylic oxidation sites excluding steroid dienone is 3. The van der Waals surface area contributed by atoms with E-state index in [4.69, 9.17) is 9.47 Å². The molecule has 1 unspecified atom stereocenters. The number of rotatable bonds is 8. The predicted molar refractivity (Wildman–Crippen MR) is 101 cm³/mol. The van der Waals surface area contributed by atoms with E-state index < -0.39 is 0 Å². The molecule has 0 bridgehead atoms. The number of carbonyl (C=O) groups is 2. The van der Waals surface area contributed by atoms with E-state index in [1.54, 1.807) is 6.92 Å². The maximum Gasteiger partial charge on any atom is 0.332 e. The van der Waals surface area contributed by atoms with Crippen LogP contribution in [0.15, 0.2) is 23.4 Å². The Morgan fingerprint density at radius 3 is 2.54 bits per heavy atom. The Bertz CT molecular complexity index is 562. The minimum Gasteiger partial charge on any atom is -0.464 e. The molecular formula is C20H32N2O4. The van der Waals surface area contributed by atoms with Gasteiger partial charge in [0.2, 0.25) is 0 Å². The number of ether oxygens (including phenoxy) is 2. The molecule has 1 heterocycles. The van der Waals surface area contributed by atoms with Gasteiger partial charge in [-0.25, -0.2) is 4.79 Å². The normalized spacial score (nSPS) is 21.9. The van der Waals surface area contributed by atoms with Gasteiger partial charge in [0.15, 0.2) is 5.78 Å². The van der Waals surface area contributed by atoms with Gasteiger partial charge in [0.25, 0.3) is 0 Å². The van der Waals surface area contributed by atoms with Crippen LogP contribution in [0, 0.1) is 5.92 Å². The fourth-order valence-electron chi connectivity index (χ4n) is 3.50. The molecule has 0 aromatic rings. The van der Waals surface area contributed by atoms with Gasteiger partial charge in [-0.05, 0) is 33.1 Å². The first-order chi connectivity index (χ1) is 12.4. The van der Waals surface area contributed by atoms with Crippen molar-refractivity contribution in [3.05, 3.63) is 23.4 Å². The third-order valence-electron chi connectivity index (χ3n) is 5.25. The number of hydrogen-bond donors (Lipinski definition) is 0. The molecule has 0 N–H and O–H groups in total. The summed E-state index contributed by atoms with van der Waals surface area (Å²) in [4.78, 5) is 28.2. The Labute approximate surface area is 156 Å². The molecule has 1 aliphatic carbocycles. The first kappa shape index (κ1) is 20.6. The molecule has 6 nitrogen and oxygen atoms in total. The van der Waals surface area contributed by atoms with Crippen molar-refractivity contribution in [2.24, 2.45) is 5.92 Å². The van der Waals surface area contributed by atoms with Crippen LogP contribution in [0.3, 0.4) is 0 Å². The summed E-state index contributed by atoms with van der Waals surface area (Å²) < 4.78 is 10.2. The fourth-order valence-corrected chi connectivity index (χ4v) is 3.50. The lowest BCUT2D eigenvalue weighted by atomic mass is 9.82. The van der Waals surface area contributed by atoms with Crippen LogP contribution in [-0.2, 0) is 19.1 Å². The number of hydrogen-bond acceptors (Lipinski definition) is 6. The second kappa shape index (κ2) is 9.88. The van der Waals surface area contributed by atoms with E-state index >= 15 is 0 Å². The van der Waals surface area contributed by atoms with Crippen LogP contribution in [0.25, 0.3) is 0 Å². The van der Waals surface area contributed by atoms with E-state index in [0.29, 0.717) is 19.6 Å². The smallest absolute Gasteiger partial charge is 0.332 e. The molecule has 0 aromatic carbocycles. The highest BCUT2D eigenvalue weighted by Crippen LogP contribution is 2.33. The van der Waals surface area contributed by atoms with Crippen molar-refractivity contribution in [2.45, 2.75) is 33.6 Å². The number of carbonyl (C=O) groups excluding carboxylic acids is 2. The van der Waals surface area contributed by atoms with Crippen molar-refractivity contribution in [1.29, 1.82) is 0 Å². The van der Waals surface area contributed by atoms with Crippen LogP contribution in [0.5, 0.6) is 0 Å². The quantitative estimate of drug-likeness (QED) is 0.373. The van der Waals surface area contributed by atoms with Gasteiger partial charge >= 0.3 is 5.97 Å². The Morgan fingerprint density at radius 2 is 1.92 bits per heavy atom. The van der Waals surface area contributed by atoms with Gasteiger partial charge in [-0.15, -0.1) is 0 Å². The Balaban J connectivity index is 1.77. The van der Waals surface area contributed by atoms with Crippen LogP contribution in [0.2, 0.25) is 0 Å². The molecule has 146 valence electrons. The molecule has 0 spiro atoms. The molecule has 0 amide bonds. The van der Waals surface area contributed by atoms with Gasteiger partial charge in [0.1, 0.15) is 6.61 Å². The molecule has 2 rings (SSSR count). The molecule has 1 fully saturated rings. The van der Waals surface area contributed by atoms with Crippen LogP contribution in [0.4, 0.5) is 0 Å². The van der Waals surface area contributed by atoms with E-state index in [0.717, 1.165) is 50.3 Å². The maximum absolute atomic E-state index is 12.3. The largest absolute Gasteiger partial charge is 0.464 e. The standard InChI is InChI=1S/C20H32N2O4/c1-5-26-20(24)14-25-11-10-21-6-8-22(9-7-21)18-12-17(15(2)3)13-19(23)16(18)4/h17H,2,5-14H2,1,3-4H3. The Kier molecular flexibility index (Phi) is 7.85. The zero-order chi connectivity index (χ0) is 19.1. The summed E-state index contributed by atoms with van der Waals surface area (Å²) in [5, 5.41) is 0. The third-order valence-corrected chi connectivity index (χ3v) is 5.25. The number of nitrogens with zero attached hydrogens (tertiary/aromatic N) is 2. The molecule has 0 aromatic heterocycles. The number of esters is 1. The summed E-state index contributed by atoms with van der Waals surface area (Å²) in [6.45, 7) is 15.2. The Morgan fingerprint density at radius 1 is 1.23 bits per heavy atom. The van der Waals surface area contributed by atoms with E-state index in [1.807, 2.05) is 13.8 Å². The van der Waals surface area contributed by atoms with Crippen molar-refractivity contribution in [3.8, 4) is 0 Å². The molecule has 0 saturated carbocycles. The van der Waals surface area contributed by atoms with Crippen LogP contribution in [0.1, 0.15) is 33.6 Å². The highest BCUT2D eigenvalue weighted by Gasteiger charge is 2.29. The van der Waals surface area contributed by atoms with E-state index in [1.165, 1.54) is 5.70 Å². The number of Topliss-reactive ketones (excluding diaryl/α,β-unsaturated/α-hetero) is 1. The van der Waals surface area contributed by atoms with Gasteiger partial charge in [-0.3, -0.25) is 9.69 Å². The third kappa shape index (κ3) is 5.68. The lowest BCUT2D eigenvalue weighted by Crippen LogP contribution is -2.47. The zero-order valence-corrected chi connectivity index (χ0v) is 16.4. The van der Waals surface area contributed by atoms with Crippen LogP contribution < -0.4 is 0 Å². The lowest BCUT2D eigenvalue weighted by molar-refractivity contribution is -0.148. The van der Waals surface area contributed by atoms with Gasteiger partial charge < -0.3 is 14.4 Å². The number of piperazine rings is 1. The SMILES string of the molecule is C=C(C)C1CC(=O)C(C)=C(N2CCN(CCOCC(=O)OCC)CC2)C1. The minimum atomic E-state index is -0.311. The first-order valence-electron chi connectivity index (χ1n) is 9.51. The van der Waals surface area contributed by atoms with Crippen LogP contribution >= 0.6 is 0 Å². The zero-order valence-electron chi connectivity index (χ0n) is 16.4. The summed E-state index contributed by atoms with van der Waals surface area (Å²) in [5.74, 6) is 0.221. The molecule has 2 aliphatic rings. The number of ketones is 1. The van der Waals surface area contributed by atoms with E-state index in [9.17, 15) is 9.59 Å². The van der Waals surface area contributed by atoms with Crippen molar-refractivity contribution in [1.82, 2.24) is 9.80 Å². The van der Waals surface area contributed by atoms with E-state index in [2.05, 4.69) is 16.4 Å². The lowest BCUT2D eigenvalue weighted by Gasteiger charge is -2.40. The molecule has 1 saturated heterocycles. The second-order valence-corrected chi connectivity index (χ2v) is 7.13. The van der Waals surface area contributed by atoms with Crippen molar-refractivity contribution in [2.75, 3.05) is 52.5 Å². The highest BCUT2D eigenvalue weighted by atomic mass is 16.6.